The number of fused-ring (bicyclic) bond motifs is 1. The number of carbonyl (C=O) groups excluding carboxylic acids is 2. The molecule has 0 bridgehead atoms. The first-order valence-corrected chi connectivity index (χ1v) is 11.8. The summed E-state index contributed by atoms with van der Waals surface area (Å²) in [5.74, 6) is 0.216. The molecule has 178 valence electrons. The van der Waals surface area contributed by atoms with Gasteiger partial charge >= 0.3 is 0 Å². The molecule has 0 spiro atoms. The zero-order valence-corrected chi connectivity index (χ0v) is 19.9. The number of nitrogens with two attached hydrogens (primary N) is 1. The van der Waals surface area contributed by atoms with Gasteiger partial charge in [-0.25, -0.2) is 15.0 Å². The number of benzene rings is 2. The highest BCUT2D eigenvalue weighted by atomic mass is 16.2. The topological polar surface area (TPSA) is 105 Å². The highest BCUT2D eigenvalue weighted by molar-refractivity contribution is 6.07. The first-order valence-electron chi connectivity index (χ1n) is 11.8. The molecule has 3 heterocycles. The third-order valence-electron chi connectivity index (χ3n) is 6.52. The number of carbonyl (C=O) groups is 2. The van der Waals surface area contributed by atoms with Crippen molar-refractivity contribution in [1.29, 1.82) is 0 Å². The molecule has 2 amide bonds. The Kier molecular flexibility index (Phi) is 5.80. The maximum Gasteiger partial charge on any atom is 0.262 e. The average molecular weight is 469 g/mol. The van der Waals surface area contributed by atoms with Gasteiger partial charge in [0.05, 0.1) is 18.8 Å². The number of guanidine groups is 1. The molecule has 2 aliphatic heterocycles. The van der Waals surface area contributed by atoms with Gasteiger partial charge < -0.3 is 10.6 Å². The average Bonchev–Trinajstić information content (AvgIpc) is 3.39. The molecule has 8 heteroatoms. The van der Waals surface area contributed by atoms with Gasteiger partial charge in [0.2, 0.25) is 0 Å². The van der Waals surface area contributed by atoms with Gasteiger partial charge in [-0.05, 0) is 35.6 Å². The first kappa shape index (κ1) is 22.7. The summed E-state index contributed by atoms with van der Waals surface area (Å²) in [5, 5.41) is 0. The summed E-state index contributed by atoms with van der Waals surface area (Å²) in [6, 6.07) is 16.9. The van der Waals surface area contributed by atoms with Crippen molar-refractivity contribution in [2.75, 3.05) is 0 Å². The highest BCUT2D eigenvalue weighted by Crippen LogP contribution is 2.39. The minimum Gasteiger partial charge on any atom is -0.369 e. The van der Waals surface area contributed by atoms with E-state index in [0.717, 1.165) is 22.4 Å². The van der Waals surface area contributed by atoms with Gasteiger partial charge in [-0.15, -0.1) is 0 Å². The molecule has 35 heavy (non-hydrogen) atoms. The third-order valence-corrected chi connectivity index (χ3v) is 6.52. The molecule has 1 atom stereocenters. The van der Waals surface area contributed by atoms with E-state index < -0.39 is 5.54 Å². The van der Waals surface area contributed by atoms with E-state index in [2.05, 4.69) is 23.8 Å². The molecule has 0 saturated carbocycles. The molecule has 0 fully saturated rings. The molecule has 2 N–H and O–H groups in total. The second-order valence-electron chi connectivity index (χ2n) is 9.54. The van der Waals surface area contributed by atoms with Crippen LogP contribution in [0.5, 0.6) is 0 Å². The van der Waals surface area contributed by atoms with Crippen LogP contribution in [0.3, 0.4) is 0 Å². The van der Waals surface area contributed by atoms with Crippen LogP contribution in [-0.2, 0) is 30.0 Å². The number of hydrogen-bond acceptors (Lipinski definition) is 6. The number of rotatable bonds is 6. The summed E-state index contributed by atoms with van der Waals surface area (Å²) in [5.41, 5.74) is 9.33. The van der Waals surface area contributed by atoms with Crippen LogP contribution < -0.4 is 5.73 Å². The Hall–Kier alpha value is -4.07. The van der Waals surface area contributed by atoms with Gasteiger partial charge in [0.1, 0.15) is 6.33 Å². The summed E-state index contributed by atoms with van der Waals surface area (Å²) in [6.45, 7) is 5.33. The maximum absolute atomic E-state index is 13.8. The molecule has 3 aromatic rings. The number of hydrogen-bond donors (Lipinski definition) is 1. The van der Waals surface area contributed by atoms with Crippen LogP contribution in [0.1, 0.15) is 53.0 Å². The van der Waals surface area contributed by atoms with Crippen LogP contribution in [0, 0.1) is 5.92 Å². The fourth-order valence-corrected chi connectivity index (χ4v) is 4.94. The van der Waals surface area contributed by atoms with E-state index in [4.69, 9.17) is 10.7 Å². The molecule has 1 aromatic heterocycles. The van der Waals surface area contributed by atoms with Crippen molar-refractivity contribution in [3.63, 3.8) is 0 Å². The monoisotopic (exact) mass is 468 g/mol. The van der Waals surface area contributed by atoms with Crippen LogP contribution in [0.2, 0.25) is 0 Å². The molecule has 2 aromatic carbocycles. The minimum atomic E-state index is -1.03. The van der Waals surface area contributed by atoms with E-state index in [1.54, 1.807) is 17.2 Å². The summed E-state index contributed by atoms with van der Waals surface area (Å²) >= 11 is 0. The second-order valence-corrected chi connectivity index (χ2v) is 9.54. The molecule has 2 aliphatic rings. The van der Waals surface area contributed by atoms with Gasteiger partial charge in [-0.1, -0.05) is 56.3 Å². The predicted octanol–water partition coefficient (Wildman–Crippen LogP) is 3.23. The van der Waals surface area contributed by atoms with Gasteiger partial charge in [0.15, 0.2) is 11.5 Å². The van der Waals surface area contributed by atoms with Gasteiger partial charge in [0.25, 0.3) is 11.8 Å². The van der Waals surface area contributed by atoms with Crippen molar-refractivity contribution in [2.45, 2.75) is 45.4 Å². The largest absolute Gasteiger partial charge is 0.369 e. The minimum absolute atomic E-state index is 0.0855. The Morgan fingerprint density at radius 1 is 1.11 bits per heavy atom. The summed E-state index contributed by atoms with van der Waals surface area (Å²) < 4.78 is 0. The van der Waals surface area contributed by atoms with Crippen molar-refractivity contribution < 1.29 is 9.59 Å². The van der Waals surface area contributed by atoms with Crippen LogP contribution >= 0.6 is 0 Å². The van der Waals surface area contributed by atoms with E-state index in [-0.39, 0.29) is 30.2 Å². The zero-order chi connectivity index (χ0) is 24.6. The summed E-state index contributed by atoms with van der Waals surface area (Å²) in [4.78, 5) is 43.3. The van der Waals surface area contributed by atoms with Gasteiger partial charge in [0, 0.05) is 23.9 Å². The molecule has 0 aliphatic carbocycles. The van der Waals surface area contributed by atoms with E-state index in [0.29, 0.717) is 25.1 Å². The molecule has 1 unspecified atom stereocenters. The predicted molar refractivity (Wildman–Crippen MR) is 132 cm³/mol. The Labute approximate surface area is 204 Å². The normalized spacial score (nSPS) is 19.3. The highest BCUT2D eigenvalue weighted by Gasteiger charge is 2.49. The Morgan fingerprint density at radius 3 is 2.66 bits per heavy atom. The molecular formula is C27H28N6O2. The molecular weight excluding hydrogens is 440 g/mol. The lowest BCUT2D eigenvalue weighted by molar-refractivity contribution is -0.132. The van der Waals surface area contributed by atoms with E-state index in [1.807, 2.05) is 48.5 Å². The summed E-state index contributed by atoms with van der Waals surface area (Å²) in [6.07, 6.45) is 3.81. The van der Waals surface area contributed by atoms with Crippen LogP contribution in [-0.4, -0.2) is 37.5 Å². The fraction of sp³-hybridized carbons (Fsp3) is 0.296. The van der Waals surface area contributed by atoms with E-state index in [9.17, 15) is 9.59 Å². The molecule has 5 rings (SSSR count). The lowest BCUT2D eigenvalue weighted by Gasteiger charge is -2.28. The Morgan fingerprint density at radius 2 is 1.91 bits per heavy atom. The van der Waals surface area contributed by atoms with Crippen molar-refractivity contribution in [1.82, 2.24) is 19.8 Å². The van der Waals surface area contributed by atoms with E-state index in [1.165, 1.54) is 11.2 Å². The van der Waals surface area contributed by atoms with Gasteiger partial charge in [-0.3, -0.25) is 14.5 Å². The number of aromatic nitrogens is 2. The quantitative estimate of drug-likeness (QED) is 0.598. The summed E-state index contributed by atoms with van der Waals surface area (Å²) in [7, 11) is 0. The van der Waals surface area contributed by atoms with Crippen LogP contribution in [0.15, 0.2) is 72.1 Å². The zero-order valence-electron chi connectivity index (χ0n) is 19.9. The van der Waals surface area contributed by atoms with E-state index >= 15 is 0 Å². The van der Waals surface area contributed by atoms with Crippen molar-refractivity contribution in [2.24, 2.45) is 16.6 Å². The smallest absolute Gasteiger partial charge is 0.262 e. The SMILES string of the molecule is CC(C)CC1(c2ccccc2)N=C(N)N(Cc2cccc(C(=O)N3Cc4cncnc4C3)c2)C1=O. The van der Waals surface area contributed by atoms with Gasteiger partial charge in [-0.2, -0.15) is 0 Å². The van der Waals surface area contributed by atoms with Crippen molar-refractivity contribution in [3.8, 4) is 0 Å². The number of nitrogens with zero attached hydrogens (tertiary/aromatic N) is 5. The van der Waals surface area contributed by atoms with Crippen LogP contribution in [0.25, 0.3) is 0 Å². The first-order chi connectivity index (χ1) is 16.9. The lowest BCUT2D eigenvalue weighted by atomic mass is 9.82. The fourth-order valence-electron chi connectivity index (χ4n) is 4.94. The second kappa shape index (κ2) is 8.94. The standard InChI is InChI=1S/C27H28N6O2/c1-18(2)12-27(22-9-4-3-5-10-22)25(35)33(26(28)31-27)14-19-7-6-8-20(11-19)24(34)32-15-21-13-29-17-30-23(21)16-32/h3-11,13,17-18H,12,14-16H2,1-2H3,(H2,28,31). The molecule has 0 radical (unpaired) electrons. The van der Waals surface area contributed by atoms with Crippen LogP contribution in [0.4, 0.5) is 0 Å². The lowest BCUT2D eigenvalue weighted by Crippen LogP contribution is -2.43. The Bertz CT molecular complexity index is 1280. The maximum atomic E-state index is 13.8. The number of amides is 2. The Balaban J connectivity index is 1.37. The van der Waals surface area contributed by atoms with Crippen molar-refractivity contribution in [3.05, 3.63) is 95.1 Å². The molecule has 8 nitrogen and oxygen atoms in total. The van der Waals surface area contributed by atoms with Crippen molar-refractivity contribution >= 4 is 17.8 Å². The molecule has 0 saturated heterocycles. The number of aliphatic imine (C=N–C) groups is 1. The third kappa shape index (κ3) is 4.16.